The fourth-order valence-corrected chi connectivity index (χ4v) is 2.98. The highest BCUT2D eigenvalue weighted by Gasteiger charge is 2.31. The Morgan fingerprint density at radius 3 is 2.69 bits per heavy atom. The van der Waals surface area contributed by atoms with Crippen molar-refractivity contribution < 1.29 is 18.9 Å². The van der Waals surface area contributed by atoms with E-state index in [4.69, 9.17) is 18.9 Å². The third-order valence-electron chi connectivity index (χ3n) is 4.28. The monoisotopic (exact) mass is 350 g/mol. The molecule has 132 valence electrons. The molecule has 2 aromatic rings. The van der Waals surface area contributed by atoms with Gasteiger partial charge in [-0.25, -0.2) is 0 Å². The molecule has 0 radical (unpaired) electrons. The number of benzene rings is 2. The molecule has 1 unspecified atom stereocenters. The summed E-state index contributed by atoms with van der Waals surface area (Å²) < 4.78 is 21.7. The number of fused-ring (bicyclic) bond motifs is 3. The second kappa shape index (κ2) is 7.01. The minimum Gasteiger partial charge on any atom is -0.493 e. The Morgan fingerprint density at radius 1 is 1.00 bits per heavy atom. The minimum absolute atomic E-state index is 0.199. The number of ether oxygens (including phenoxy) is 4. The van der Waals surface area contributed by atoms with Gasteiger partial charge in [0.1, 0.15) is 0 Å². The third-order valence-corrected chi connectivity index (χ3v) is 4.28. The first kappa shape index (κ1) is 16.4. The largest absolute Gasteiger partial charge is 0.493 e. The molecule has 1 saturated heterocycles. The molecular weight excluding hydrogens is 332 g/mol. The van der Waals surface area contributed by atoms with Crippen LogP contribution in [0.2, 0.25) is 0 Å². The van der Waals surface area contributed by atoms with Crippen molar-refractivity contribution in [3.05, 3.63) is 65.2 Å². The van der Waals surface area contributed by atoms with Gasteiger partial charge >= 0.3 is 0 Å². The van der Waals surface area contributed by atoms with Gasteiger partial charge in [0.15, 0.2) is 24.4 Å². The van der Waals surface area contributed by atoms with Crippen molar-refractivity contribution in [2.45, 2.75) is 6.10 Å². The smallest absolute Gasteiger partial charge is 0.245 e. The maximum Gasteiger partial charge on any atom is 0.245 e. The summed E-state index contributed by atoms with van der Waals surface area (Å²) in [5, 5.41) is 8.57. The highest BCUT2D eigenvalue weighted by Crippen LogP contribution is 2.31. The number of methoxy groups -OCH3 is 2. The van der Waals surface area contributed by atoms with Crippen molar-refractivity contribution >= 4 is 17.7 Å². The summed E-state index contributed by atoms with van der Waals surface area (Å²) in [5.41, 5.74) is 3.67. The zero-order chi connectivity index (χ0) is 17.9. The summed E-state index contributed by atoms with van der Waals surface area (Å²) in [7, 11) is 3.23. The summed E-state index contributed by atoms with van der Waals surface area (Å²) in [6.45, 7) is 0.199. The van der Waals surface area contributed by atoms with Gasteiger partial charge in [0.05, 0.1) is 19.9 Å². The van der Waals surface area contributed by atoms with Crippen molar-refractivity contribution in [2.75, 3.05) is 21.0 Å². The van der Waals surface area contributed by atoms with Crippen LogP contribution in [0.15, 0.2) is 58.7 Å². The molecule has 0 bridgehead atoms. The summed E-state index contributed by atoms with van der Waals surface area (Å²) in [4.78, 5) is 0. The molecule has 6 nitrogen and oxygen atoms in total. The van der Waals surface area contributed by atoms with E-state index < -0.39 is 0 Å². The van der Waals surface area contributed by atoms with E-state index in [0.29, 0.717) is 17.4 Å². The summed E-state index contributed by atoms with van der Waals surface area (Å²) >= 11 is 0. The Balaban J connectivity index is 1.70. The van der Waals surface area contributed by atoms with Crippen molar-refractivity contribution in [2.24, 2.45) is 10.2 Å². The zero-order valence-electron chi connectivity index (χ0n) is 14.5. The van der Waals surface area contributed by atoms with Crippen LogP contribution in [0.3, 0.4) is 0 Å². The topological polar surface area (TPSA) is 61.6 Å². The minimum atomic E-state index is -0.304. The standard InChI is InChI=1S/C20H18N2O4/c1-23-17-10-8-13(11-18(17)24-2)7-9-16-14-5-3-4-6-15(14)19-20(22-21-16)26-12-25-19/h3-11,19H,12H2,1-2H3. The van der Waals surface area contributed by atoms with E-state index in [1.165, 1.54) is 0 Å². The molecule has 0 aromatic heterocycles. The van der Waals surface area contributed by atoms with Gasteiger partial charge in [0.25, 0.3) is 0 Å². The zero-order valence-corrected chi connectivity index (χ0v) is 14.5. The lowest BCUT2D eigenvalue weighted by Gasteiger charge is -2.10. The van der Waals surface area contributed by atoms with Crippen molar-refractivity contribution in [3.8, 4) is 11.5 Å². The maximum atomic E-state index is 5.65. The number of nitrogens with zero attached hydrogens (tertiary/aromatic N) is 2. The Morgan fingerprint density at radius 2 is 1.85 bits per heavy atom. The van der Waals surface area contributed by atoms with Gasteiger partial charge in [0, 0.05) is 5.56 Å². The fraction of sp³-hybridized carbons (Fsp3) is 0.200. The van der Waals surface area contributed by atoms with Gasteiger partial charge in [-0.15, -0.1) is 10.2 Å². The van der Waals surface area contributed by atoms with Crippen LogP contribution in [0.1, 0.15) is 22.8 Å². The molecule has 2 aliphatic rings. The summed E-state index contributed by atoms with van der Waals surface area (Å²) in [5.74, 6) is 1.86. The van der Waals surface area contributed by atoms with Crippen LogP contribution in [-0.4, -0.2) is 32.6 Å². The first-order valence-corrected chi connectivity index (χ1v) is 8.19. The molecule has 6 heteroatoms. The predicted octanol–water partition coefficient (Wildman–Crippen LogP) is 3.58. The predicted molar refractivity (Wildman–Crippen MR) is 98.8 cm³/mol. The number of hydrogen-bond donors (Lipinski definition) is 0. The summed E-state index contributed by atoms with van der Waals surface area (Å²) in [6.07, 6.45) is 3.58. The molecule has 2 heterocycles. The van der Waals surface area contributed by atoms with E-state index in [1.54, 1.807) is 14.2 Å². The lowest BCUT2D eigenvalue weighted by Crippen LogP contribution is -2.09. The Labute approximate surface area is 151 Å². The normalized spacial score (nSPS) is 18.3. The fourth-order valence-electron chi connectivity index (χ4n) is 2.98. The molecule has 26 heavy (non-hydrogen) atoms. The number of hydrogen-bond acceptors (Lipinski definition) is 6. The van der Waals surface area contributed by atoms with Crippen LogP contribution in [0, 0.1) is 0 Å². The second-order valence-electron chi connectivity index (χ2n) is 5.77. The van der Waals surface area contributed by atoms with Gasteiger partial charge in [-0.1, -0.05) is 36.4 Å². The van der Waals surface area contributed by atoms with Crippen molar-refractivity contribution in [1.82, 2.24) is 0 Å². The highest BCUT2D eigenvalue weighted by molar-refractivity contribution is 6.13. The van der Waals surface area contributed by atoms with Crippen LogP contribution in [0.5, 0.6) is 11.5 Å². The maximum absolute atomic E-state index is 5.65. The van der Waals surface area contributed by atoms with Crippen molar-refractivity contribution in [1.29, 1.82) is 0 Å². The van der Waals surface area contributed by atoms with Crippen LogP contribution in [0.4, 0.5) is 0 Å². The average molecular weight is 350 g/mol. The van der Waals surface area contributed by atoms with Gasteiger partial charge in [-0.2, -0.15) is 0 Å². The Kier molecular flexibility index (Phi) is 4.41. The van der Waals surface area contributed by atoms with E-state index >= 15 is 0 Å². The molecule has 0 aliphatic carbocycles. The molecule has 2 aromatic carbocycles. The summed E-state index contributed by atoms with van der Waals surface area (Å²) in [6, 6.07) is 13.7. The first-order valence-electron chi connectivity index (χ1n) is 8.19. The molecular formula is C20H18N2O4. The molecule has 0 amide bonds. The second-order valence-corrected chi connectivity index (χ2v) is 5.77. The van der Waals surface area contributed by atoms with Gasteiger partial charge < -0.3 is 18.9 Å². The Hall–Kier alpha value is -3.12. The number of allylic oxidation sites excluding steroid dienone is 1. The molecule has 0 N–H and O–H groups in total. The van der Waals surface area contributed by atoms with E-state index in [0.717, 1.165) is 22.4 Å². The van der Waals surface area contributed by atoms with Gasteiger partial charge in [-0.05, 0) is 29.3 Å². The van der Waals surface area contributed by atoms with Gasteiger partial charge in [0.2, 0.25) is 5.90 Å². The lowest BCUT2D eigenvalue weighted by atomic mass is 9.98. The average Bonchev–Trinajstić information content (AvgIpc) is 3.11. The van der Waals surface area contributed by atoms with Crippen LogP contribution >= 0.6 is 0 Å². The highest BCUT2D eigenvalue weighted by atomic mass is 16.7. The quantitative estimate of drug-likeness (QED) is 0.846. The van der Waals surface area contributed by atoms with Crippen LogP contribution < -0.4 is 9.47 Å². The first-order chi connectivity index (χ1) is 12.8. The third kappa shape index (κ3) is 2.95. The van der Waals surface area contributed by atoms with Crippen LogP contribution in [0.25, 0.3) is 6.08 Å². The molecule has 1 fully saturated rings. The van der Waals surface area contributed by atoms with E-state index in [-0.39, 0.29) is 12.9 Å². The van der Waals surface area contributed by atoms with Gasteiger partial charge in [-0.3, -0.25) is 0 Å². The van der Waals surface area contributed by atoms with E-state index in [9.17, 15) is 0 Å². The molecule has 2 aliphatic heterocycles. The molecule has 1 atom stereocenters. The molecule has 4 rings (SSSR count). The number of rotatable bonds is 4. The SMILES string of the molecule is COc1ccc(C=CC2=NN=C3OCOC3c3ccccc32)cc1OC. The van der Waals surface area contributed by atoms with E-state index in [2.05, 4.69) is 10.2 Å². The van der Waals surface area contributed by atoms with Crippen molar-refractivity contribution in [3.63, 3.8) is 0 Å². The Bertz CT molecular complexity index is 918. The van der Waals surface area contributed by atoms with E-state index in [1.807, 2.05) is 54.6 Å². The lowest BCUT2D eigenvalue weighted by molar-refractivity contribution is 0.0512. The van der Waals surface area contributed by atoms with Crippen LogP contribution in [-0.2, 0) is 9.47 Å². The molecule has 0 spiro atoms. The molecule has 0 saturated carbocycles.